The third-order valence-corrected chi connectivity index (χ3v) is 8.50. The summed E-state index contributed by atoms with van der Waals surface area (Å²) in [6.07, 6.45) is 8.26. The van der Waals surface area contributed by atoms with Gasteiger partial charge in [-0.2, -0.15) is 0 Å². The van der Waals surface area contributed by atoms with Crippen LogP contribution in [0.15, 0.2) is 73.3 Å². The standard InChI is InChI=1S/C31H21BN4/c1-16-10-17(2)29(18(3)11-16)35-25-14-33-12-23-21-8-4-6-19-20-7-5-9-22-24-13-34-15-26(35)28(24)32(27(23)25)36(30(19)21)31(20)22/h4-15H,1-3H3. The molecule has 0 aliphatic carbocycles. The van der Waals surface area contributed by atoms with E-state index in [-0.39, 0.29) is 6.85 Å². The Morgan fingerprint density at radius 2 is 1.17 bits per heavy atom. The number of fused-ring (bicyclic) bond motifs is 3. The fourth-order valence-corrected chi connectivity index (χ4v) is 7.42. The summed E-state index contributed by atoms with van der Waals surface area (Å²) in [6, 6.07) is 18.0. The van der Waals surface area contributed by atoms with E-state index in [1.165, 1.54) is 77.4 Å². The molecule has 4 nitrogen and oxygen atoms in total. The summed E-state index contributed by atoms with van der Waals surface area (Å²) in [4.78, 5) is 12.1. The molecule has 0 saturated carbocycles. The highest BCUT2D eigenvalue weighted by atomic mass is 15.2. The predicted molar refractivity (Wildman–Crippen MR) is 149 cm³/mol. The molecular weight excluding hydrogens is 439 g/mol. The van der Waals surface area contributed by atoms with Crippen molar-refractivity contribution in [1.82, 2.24) is 14.4 Å². The van der Waals surface area contributed by atoms with Gasteiger partial charge in [0.2, 0.25) is 0 Å². The lowest BCUT2D eigenvalue weighted by atomic mass is 9.43. The Kier molecular flexibility index (Phi) is 3.18. The van der Waals surface area contributed by atoms with Gasteiger partial charge < -0.3 is 9.38 Å². The fraction of sp³-hybridized carbons (Fsp3) is 0.0968. The largest absolute Gasteiger partial charge is 0.375 e. The maximum atomic E-state index is 4.82. The summed E-state index contributed by atoms with van der Waals surface area (Å²) < 4.78 is 2.61. The number of pyridine rings is 2. The summed E-state index contributed by atoms with van der Waals surface area (Å²) >= 11 is 0. The van der Waals surface area contributed by atoms with Crippen LogP contribution in [-0.4, -0.2) is 21.3 Å². The highest BCUT2D eigenvalue weighted by Gasteiger charge is 2.46. The molecule has 168 valence electrons. The van der Waals surface area contributed by atoms with Gasteiger partial charge in [0, 0.05) is 56.5 Å². The van der Waals surface area contributed by atoms with Gasteiger partial charge in [-0.25, -0.2) is 0 Å². The number of nitrogens with zero attached hydrogens (tertiary/aromatic N) is 4. The van der Waals surface area contributed by atoms with Gasteiger partial charge in [-0.3, -0.25) is 9.97 Å². The topological polar surface area (TPSA) is 34.0 Å². The van der Waals surface area contributed by atoms with E-state index < -0.39 is 0 Å². The van der Waals surface area contributed by atoms with Crippen molar-refractivity contribution in [2.75, 3.05) is 4.90 Å². The molecule has 0 unspecified atom stereocenters. The van der Waals surface area contributed by atoms with Crippen molar-refractivity contribution in [1.29, 1.82) is 0 Å². The Labute approximate surface area is 209 Å². The molecule has 3 aliphatic heterocycles. The van der Waals surface area contributed by atoms with Crippen molar-refractivity contribution in [3.05, 3.63) is 90.0 Å². The normalized spacial score (nSPS) is 13.9. The molecule has 0 amide bonds. The minimum atomic E-state index is 0.109. The maximum Gasteiger partial charge on any atom is 0.333 e. The number of rotatable bonds is 1. The third-order valence-electron chi connectivity index (χ3n) is 8.50. The smallest absolute Gasteiger partial charge is 0.333 e. The fourth-order valence-electron chi connectivity index (χ4n) is 7.42. The zero-order valence-electron chi connectivity index (χ0n) is 20.3. The minimum Gasteiger partial charge on any atom is -0.375 e. The summed E-state index contributed by atoms with van der Waals surface area (Å²) in [5.41, 5.74) is 17.7. The summed E-state index contributed by atoms with van der Waals surface area (Å²) in [5, 5.41) is 2.63. The van der Waals surface area contributed by atoms with Gasteiger partial charge in [-0.15, -0.1) is 0 Å². The van der Waals surface area contributed by atoms with Crippen LogP contribution >= 0.6 is 0 Å². The Bertz CT molecular complexity index is 1860. The Balaban J connectivity index is 1.54. The molecule has 5 heteroatoms. The number of hydrogen-bond acceptors (Lipinski definition) is 3. The van der Waals surface area contributed by atoms with Crippen LogP contribution in [0.5, 0.6) is 0 Å². The molecule has 0 N–H and O–H groups in total. The SMILES string of the molecule is Cc1cc(C)c(N2c3cncc4c3B3c5c(cncc52)-c2cccc5c6cccc-4c6n3c25)c(C)c1. The lowest BCUT2D eigenvalue weighted by Crippen LogP contribution is -2.58. The average molecular weight is 460 g/mol. The van der Waals surface area contributed by atoms with Crippen molar-refractivity contribution in [3.63, 3.8) is 0 Å². The summed E-state index contributed by atoms with van der Waals surface area (Å²) in [7, 11) is 0. The number of aryl methyl sites for hydroxylation is 3. The molecule has 0 spiro atoms. The zero-order valence-corrected chi connectivity index (χ0v) is 20.3. The quantitative estimate of drug-likeness (QED) is 0.286. The van der Waals surface area contributed by atoms with Crippen molar-refractivity contribution in [2.45, 2.75) is 20.8 Å². The van der Waals surface area contributed by atoms with Crippen LogP contribution < -0.4 is 15.8 Å². The van der Waals surface area contributed by atoms with Gasteiger partial charge in [0.1, 0.15) is 0 Å². The molecule has 0 radical (unpaired) electrons. The molecule has 0 atom stereocenters. The number of anilines is 3. The molecular formula is C31H21BN4. The molecule has 6 aromatic rings. The lowest BCUT2D eigenvalue weighted by Gasteiger charge is -2.43. The minimum absolute atomic E-state index is 0.109. The predicted octanol–water partition coefficient (Wildman–Crippen LogP) is 5.91. The number of benzene rings is 3. The second-order valence-corrected chi connectivity index (χ2v) is 10.5. The average Bonchev–Trinajstić information content (AvgIpc) is 3.22. The van der Waals surface area contributed by atoms with Crippen LogP contribution in [-0.2, 0) is 0 Å². The Morgan fingerprint density at radius 1 is 0.639 bits per heavy atom. The molecule has 0 bridgehead atoms. The third kappa shape index (κ3) is 1.95. The first kappa shape index (κ1) is 18.9. The second-order valence-electron chi connectivity index (χ2n) is 10.5. The first-order valence-electron chi connectivity index (χ1n) is 12.5. The summed E-state index contributed by atoms with van der Waals surface area (Å²) in [5.74, 6) is 0. The van der Waals surface area contributed by atoms with E-state index in [0.717, 1.165) is 11.4 Å². The molecule has 3 aromatic carbocycles. The van der Waals surface area contributed by atoms with Gasteiger partial charge in [0.05, 0.1) is 29.5 Å². The van der Waals surface area contributed by atoms with Gasteiger partial charge in [0.15, 0.2) is 0 Å². The van der Waals surface area contributed by atoms with Crippen LogP contribution in [0, 0.1) is 20.8 Å². The Hall–Kier alpha value is -4.38. The molecule has 0 saturated heterocycles. The van der Waals surface area contributed by atoms with Crippen LogP contribution in [0.4, 0.5) is 17.1 Å². The van der Waals surface area contributed by atoms with E-state index >= 15 is 0 Å². The number of aromatic nitrogens is 3. The molecule has 6 heterocycles. The van der Waals surface area contributed by atoms with Crippen molar-refractivity contribution in [2.24, 2.45) is 0 Å². The maximum absolute atomic E-state index is 4.82. The highest BCUT2D eigenvalue weighted by molar-refractivity contribution is 6.91. The van der Waals surface area contributed by atoms with E-state index in [0.29, 0.717) is 0 Å². The molecule has 0 fully saturated rings. The van der Waals surface area contributed by atoms with Crippen molar-refractivity contribution >= 4 is 56.6 Å². The van der Waals surface area contributed by atoms with Gasteiger partial charge >= 0.3 is 6.85 Å². The second kappa shape index (κ2) is 6.06. The first-order chi connectivity index (χ1) is 17.6. The van der Waals surface area contributed by atoms with Gasteiger partial charge in [-0.1, -0.05) is 54.1 Å². The zero-order chi connectivity index (χ0) is 23.9. The van der Waals surface area contributed by atoms with Crippen LogP contribution in [0.25, 0.3) is 44.1 Å². The van der Waals surface area contributed by atoms with Crippen LogP contribution in [0.1, 0.15) is 16.7 Å². The molecule has 3 aliphatic rings. The number of para-hydroxylation sites is 2. The highest BCUT2D eigenvalue weighted by Crippen LogP contribution is 2.49. The van der Waals surface area contributed by atoms with Crippen LogP contribution in [0.2, 0.25) is 0 Å². The van der Waals surface area contributed by atoms with E-state index in [4.69, 9.17) is 9.97 Å². The number of hydrogen-bond donors (Lipinski definition) is 0. The molecule has 36 heavy (non-hydrogen) atoms. The van der Waals surface area contributed by atoms with E-state index in [1.54, 1.807) is 0 Å². The monoisotopic (exact) mass is 460 g/mol. The molecule has 3 aromatic heterocycles. The van der Waals surface area contributed by atoms with E-state index in [1.807, 2.05) is 0 Å². The first-order valence-corrected chi connectivity index (χ1v) is 12.5. The van der Waals surface area contributed by atoms with Crippen molar-refractivity contribution in [3.8, 4) is 22.3 Å². The lowest BCUT2D eigenvalue weighted by molar-refractivity contribution is 1.15. The van der Waals surface area contributed by atoms with Crippen molar-refractivity contribution < 1.29 is 0 Å². The van der Waals surface area contributed by atoms with E-state index in [9.17, 15) is 0 Å². The van der Waals surface area contributed by atoms with Gasteiger partial charge in [0.25, 0.3) is 0 Å². The Morgan fingerprint density at radius 3 is 1.69 bits per heavy atom. The van der Waals surface area contributed by atoms with E-state index in [2.05, 4.69) is 103 Å². The van der Waals surface area contributed by atoms with Crippen LogP contribution in [0.3, 0.4) is 0 Å². The summed E-state index contributed by atoms with van der Waals surface area (Å²) in [6.45, 7) is 6.72. The van der Waals surface area contributed by atoms with Gasteiger partial charge in [-0.05, 0) is 42.8 Å². The molecule has 9 rings (SSSR count).